The number of fused-ring (bicyclic) bond motifs is 3. The van der Waals surface area contributed by atoms with Gasteiger partial charge in [-0.05, 0) is 45.8 Å². The molecule has 0 heteroatoms. The van der Waals surface area contributed by atoms with Crippen molar-refractivity contribution in [3.63, 3.8) is 0 Å². The molecule has 64 valence electrons. The van der Waals surface area contributed by atoms with Gasteiger partial charge in [0.1, 0.15) is 0 Å². The number of rotatable bonds is 0. The number of hydrogen-bond acceptors (Lipinski definition) is 0. The largest absolute Gasteiger partial charge is 0.0616 e. The Hall–Kier alpha value is -1.82. The van der Waals surface area contributed by atoms with Gasteiger partial charge in [0.05, 0.1) is 0 Å². The molecule has 2 radical (unpaired) electrons. The standard InChI is InChI=1S/C14H8/c1-3-7-13-11(5-1)9-10-12-6-2-4-8-14(12)13/h1-3,5-8,10H. The Labute approximate surface area is 82.8 Å². The molecule has 0 aliphatic rings. The van der Waals surface area contributed by atoms with Gasteiger partial charge in [-0.2, -0.15) is 0 Å². The van der Waals surface area contributed by atoms with Crippen LogP contribution in [0.3, 0.4) is 0 Å². The fourth-order valence-corrected chi connectivity index (χ4v) is 1.80. The average molecular weight is 176 g/mol. The van der Waals surface area contributed by atoms with E-state index in [9.17, 15) is 0 Å². The van der Waals surface area contributed by atoms with Crippen LogP contribution in [0.4, 0.5) is 0 Å². The van der Waals surface area contributed by atoms with Gasteiger partial charge < -0.3 is 0 Å². The SMILES string of the molecule is [c]1ccc2c[c]c3ccccc3c2c1. The topological polar surface area (TPSA) is 0 Å². The van der Waals surface area contributed by atoms with Crippen LogP contribution in [0.25, 0.3) is 21.5 Å². The number of hydrogen-bond donors (Lipinski definition) is 0. The van der Waals surface area contributed by atoms with Crippen molar-refractivity contribution in [1.82, 2.24) is 0 Å². The van der Waals surface area contributed by atoms with Crippen molar-refractivity contribution in [1.29, 1.82) is 0 Å². The summed E-state index contributed by atoms with van der Waals surface area (Å²) in [6, 6.07) is 22.8. The van der Waals surface area contributed by atoms with E-state index in [2.05, 4.69) is 36.4 Å². The third kappa shape index (κ3) is 1.01. The van der Waals surface area contributed by atoms with Crippen molar-refractivity contribution in [3.05, 3.63) is 60.7 Å². The molecule has 0 heterocycles. The highest BCUT2D eigenvalue weighted by atomic mass is 14.0. The van der Waals surface area contributed by atoms with E-state index >= 15 is 0 Å². The van der Waals surface area contributed by atoms with Crippen molar-refractivity contribution in [2.75, 3.05) is 0 Å². The fraction of sp³-hybridized carbons (Fsp3) is 0. The molecule has 3 rings (SSSR count). The highest BCUT2D eigenvalue weighted by molar-refractivity contribution is 6.06. The van der Waals surface area contributed by atoms with Crippen LogP contribution < -0.4 is 0 Å². The molecule has 0 spiro atoms. The predicted molar refractivity (Wildman–Crippen MR) is 59.1 cm³/mol. The summed E-state index contributed by atoms with van der Waals surface area (Å²) in [5, 5.41) is 4.89. The van der Waals surface area contributed by atoms with Gasteiger partial charge in [0, 0.05) is 0 Å². The number of benzene rings is 3. The maximum absolute atomic E-state index is 3.28. The van der Waals surface area contributed by atoms with Crippen LogP contribution in [-0.4, -0.2) is 0 Å². The minimum Gasteiger partial charge on any atom is -0.0616 e. The van der Waals surface area contributed by atoms with E-state index in [0.717, 1.165) is 0 Å². The molecule has 0 aromatic heterocycles. The lowest BCUT2D eigenvalue weighted by molar-refractivity contribution is 1.75. The van der Waals surface area contributed by atoms with Gasteiger partial charge in [0.2, 0.25) is 0 Å². The Morgan fingerprint density at radius 3 is 2.79 bits per heavy atom. The van der Waals surface area contributed by atoms with Crippen LogP contribution in [0.5, 0.6) is 0 Å². The molecule has 3 aromatic rings. The minimum atomic E-state index is 1.17. The molecule has 3 aromatic carbocycles. The zero-order valence-corrected chi connectivity index (χ0v) is 7.62. The first-order valence-corrected chi connectivity index (χ1v) is 4.64. The van der Waals surface area contributed by atoms with E-state index in [1.807, 2.05) is 24.3 Å². The molecule has 14 heavy (non-hydrogen) atoms. The van der Waals surface area contributed by atoms with Gasteiger partial charge in [0.15, 0.2) is 0 Å². The molecule has 0 aliphatic carbocycles. The van der Waals surface area contributed by atoms with Gasteiger partial charge in [-0.15, -0.1) is 0 Å². The molecule has 0 saturated carbocycles. The highest BCUT2D eigenvalue weighted by Crippen LogP contribution is 2.23. The summed E-state index contributed by atoms with van der Waals surface area (Å²) in [6.07, 6.45) is 0. The lowest BCUT2D eigenvalue weighted by Crippen LogP contribution is -1.76. The summed E-state index contributed by atoms with van der Waals surface area (Å²) < 4.78 is 0. The van der Waals surface area contributed by atoms with Gasteiger partial charge in [-0.1, -0.05) is 36.4 Å². The normalized spacial score (nSPS) is 10.9. The van der Waals surface area contributed by atoms with Crippen LogP contribution in [0, 0.1) is 12.1 Å². The first-order chi connectivity index (χ1) is 6.95. The molecule has 0 bridgehead atoms. The van der Waals surface area contributed by atoms with Crippen molar-refractivity contribution in [2.24, 2.45) is 0 Å². The van der Waals surface area contributed by atoms with E-state index in [4.69, 9.17) is 0 Å². The zero-order chi connectivity index (χ0) is 9.38. The predicted octanol–water partition coefficient (Wildman–Crippen LogP) is 3.59. The smallest absolute Gasteiger partial charge is 0.00926 e. The summed E-state index contributed by atoms with van der Waals surface area (Å²) in [5.74, 6) is 0. The summed E-state index contributed by atoms with van der Waals surface area (Å²) in [7, 11) is 0. The maximum atomic E-state index is 3.28. The molecule has 0 amide bonds. The first-order valence-electron chi connectivity index (χ1n) is 4.64. The molecular formula is C14H8. The van der Waals surface area contributed by atoms with Crippen LogP contribution >= 0.6 is 0 Å². The second-order valence-electron chi connectivity index (χ2n) is 3.35. The monoisotopic (exact) mass is 176 g/mol. The van der Waals surface area contributed by atoms with E-state index in [1.54, 1.807) is 0 Å². The van der Waals surface area contributed by atoms with Crippen LogP contribution in [0.15, 0.2) is 48.5 Å². The summed E-state index contributed by atoms with van der Waals surface area (Å²) >= 11 is 0. The lowest BCUT2D eigenvalue weighted by atomic mass is 10.0. The summed E-state index contributed by atoms with van der Waals surface area (Å²) in [4.78, 5) is 0. The van der Waals surface area contributed by atoms with E-state index in [0.29, 0.717) is 0 Å². The molecule has 0 fully saturated rings. The highest BCUT2D eigenvalue weighted by Gasteiger charge is 1.97. The fourth-order valence-electron chi connectivity index (χ4n) is 1.80. The third-order valence-electron chi connectivity index (χ3n) is 2.50. The van der Waals surface area contributed by atoms with E-state index in [-0.39, 0.29) is 0 Å². The second-order valence-corrected chi connectivity index (χ2v) is 3.35. The zero-order valence-electron chi connectivity index (χ0n) is 7.62. The first kappa shape index (κ1) is 7.57. The Balaban J connectivity index is 2.61. The Bertz CT molecular complexity index is 539. The van der Waals surface area contributed by atoms with Crippen molar-refractivity contribution >= 4 is 21.5 Å². The quantitative estimate of drug-likeness (QED) is 0.459. The van der Waals surface area contributed by atoms with Crippen molar-refractivity contribution in [2.45, 2.75) is 0 Å². The van der Waals surface area contributed by atoms with Crippen LogP contribution in [0.1, 0.15) is 0 Å². The molecule has 0 nitrogen and oxygen atoms in total. The van der Waals surface area contributed by atoms with Gasteiger partial charge in [-0.25, -0.2) is 0 Å². The molecule has 0 atom stereocenters. The van der Waals surface area contributed by atoms with Crippen LogP contribution in [0.2, 0.25) is 0 Å². The van der Waals surface area contributed by atoms with Gasteiger partial charge >= 0.3 is 0 Å². The molecule has 0 aliphatic heterocycles. The summed E-state index contributed by atoms with van der Waals surface area (Å²) in [6.45, 7) is 0. The molecule has 0 unspecified atom stereocenters. The maximum Gasteiger partial charge on any atom is -0.00926 e. The third-order valence-corrected chi connectivity index (χ3v) is 2.50. The van der Waals surface area contributed by atoms with Crippen molar-refractivity contribution < 1.29 is 0 Å². The Morgan fingerprint density at radius 1 is 0.857 bits per heavy atom. The lowest BCUT2D eigenvalue weighted by Gasteiger charge is -2.01. The van der Waals surface area contributed by atoms with Crippen LogP contribution in [-0.2, 0) is 0 Å². The average Bonchev–Trinajstić information content (AvgIpc) is 2.29. The Kier molecular flexibility index (Phi) is 1.54. The molecular weight excluding hydrogens is 168 g/mol. The Morgan fingerprint density at radius 2 is 1.79 bits per heavy atom. The minimum absolute atomic E-state index is 1.17. The van der Waals surface area contributed by atoms with E-state index in [1.165, 1.54) is 21.5 Å². The van der Waals surface area contributed by atoms with E-state index < -0.39 is 0 Å². The molecule has 0 N–H and O–H groups in total. The van der Waals surface area contributed by atoms with Gasteiger partial charge in [0.25, 0.3) is 0 Å². The molecule has 0 saturated heterocycles. The summed E-state index contributed by atoms with van der Waals surface area (Å²) in [5.41, 5.74) is 0. The van der Waals surface area contributed by atoms with Gasteiger partial charge in [-0.3, -0.25) is 0 Å². The van der Waals surface area contributed by atoms with Crippen molar-refractivity contribution in [3.8, 4) is 0 Å². The second kappa shape index (κ2) is 2.85.